The van der Waals surface area contributed by atoms with Crippen LogP contribution >= 0.6 is 0 Å². The number of anilines is 1. The van der Waals surface area contributed by atoms with E-state index in [0.717, 1.165) is 61.7 Å². The van der Waals surface area contributed by atoms with Gasteiger partial charge in [0.05, 0.1) is 0 Å². The summed E-state index contributed by atoms with van der Waals surface area (Å²) in [6, 6.07) is 6.20. The Morgan fingerprint density at radius 2 is 2.48 bits per heavy atom. The Kier molecular flexibility index (Phi) is 4.06. The monoisotopic (exact) mass is 288 g/mol. The van der Waals surface area contributed by atoms with Crippen molar-refractivity contribution in [3.8, 4) is 0 Å². The van der Waals surface area contributed by atoms with Crippen LogP contribution in [-0.4, -0.2) is 48.5 Å². The largest absolute Gasteiger partial charge is 0.441 e. The first-order chi connectivity index (χ1) is 10.3. The number of hydrogen-bond donors (Lipinski definition) is 2. The molecule has 2 N–H and O–H groups in total. The highest BCUT2D eigenvalue weighted by molar-refractivity contribution is 5.77. The van der Waals surface area contributed by atoms with Crippen molar-refractivity contribution < 1.29 is 9.21 Å². The second-order valence-electron chi connectivity index (χ2n) is 5.28. The molecule has 1 aliphatic heterocycles. The normalized spacial score (nSPS) is 18.9. The van der Waals surface area contributed by atoms with E-state index in [4.69, 9.17) is 4.42 Å². The molecule has 1 aliphatic rings. The molecule has 1 aromatic carbocycles. The molecule has 21 heavy (non-hydrogen) atoms. The van der Waals surface area contributed by atoms with Gasteiger partial charge in [-0.3, -0.25) is 4.79 Å². The van der Waals surface area contributed by atoms with E-state index >= 15 is 0 Å². The number of oxazole rings is 1. The van der Waals surface area contributed by atoms with Gasteiger partial charge >= 0.3 is 0 Å². The summed E-state index contributed by atoms with van der Waals surface area (Å²) in [6.45, 7) is 5.16. The molecule has 3 rings (SSSR count). The Balaban J connectivity index is 1.63. The van der Waals surface area contributed by atoms with Crippen molar-refractivity contribution in [3.05, 3.63) is 24.1 Å². The van der Waals surface area contributed by atoms with Crippen LogP contribution in [0.1, 0.15) is 12.8 Å². The lowest BCUT2D eigenvalue weighted by Gasteiger charge is -2.31. The number of hydrogen-bond acceptors (Lipinski definition) is 5. The van der Waals surface area contributed by atoms with E-state index in [1.807, 2.05) is 25.1 Å². The van der Waals surface area contributed by atoms with Gasteiger partial charge in [0.2, 0.25) is 6.41 Å². The van der Waals surface area contributed by atoms with Crippen molar-refractivity contribution in [2.24, 2.45) is 0 Å². The van der Waals surface area contributed by atoms with Crippen LogP contribution < -0.4 is 10.6 Å². The molecule has 1 amide bonds. The van der Waals surface area contributed by atoms with E-state index in [9.17, 15) is 4.79 Å². The molecule has 0 unspecified atom stereocenters. The van der Waals surface area contributed by atoms with Gasteiger partial charge in [-0.2, -0.15) is 0 Å². The molecule has 0 saturated carbocycles. The second kappa shape index (κ2) is 6.13. The topological polar surface area (TPSA) is 70.4 Å². The van der Waals surface area contributed by atoms with Crippen LogP contribution in [0.3, 0.4) is 0 Å². The van der Waals surface area contributed by atoms with E-state index in [0.29, 0.717) is 0 Å². The summed E-state index contributed by atoms with van der Waals surface area (Å²) in [5.74, 6) is 0.762. The summed E-state index contributed by atoms with van der Waals surface area (Å²) in [4.78, 5) is 17.1. The zero-order valence-electron chi connectivity index (χ0n) is 12.1. The smallest absolute Gasteiger partial charge is 0.209 e. The minimum atomic E-state index is 0.267. The summed E-state index contributed by atoms with van der Waals surface area (Å²) in [7, 11) is 0. The van der Waals surface area contributed by atoms with Gasteiger partial charge in [0.15, 0.2) is 11.5 Å². The van der Waals surface area contributed by atoms with Crippen LogP contribution in [0.4, 0.5) is 5.69 Å². The summed E-state index contributed by atoms with van der Waals surface area (Å²) >= 11 is 0. The van der Waals surface area contributed by atoms with Gasteiger partial charge in [0.1, 0.15) is 5.52 Å². The van der Waals surface area contributed by atoms with Gasteiger partial charge in [-0.1, -0.05) is 6.92 Å². The summed E-state index contributed by atoms with van der Waals surface area (Å²) < 4.78 is 5.60. The predicted octanol–water partition coefficient (Wildman–Crippen LogP) is 1.23. The average molecular weight is 288 g/mol. The van der Waals surface area contributed by atoms with E-state index in [-0.39, 0.29) is 6.04 Å². The summed E-state index contributed by atoms with van der Waals surface area (Å²) in [5.41, 5.74) is 2.71. The first kappa shape index (κ1) is 13.9. The number of carbonyl (C=O) groups excluding carboxylic acids is 1. The Hall–Kier alpha value is -2.08. The number of nitrogens with zero attached hydrogens (tertiary/aromatic N) is 2. The lowest BCUT2D eigenvalue weighted by atomic mass is 10.2. The number of carbonyl (C=O) groups is 1. The molecule has 6 nitrogen and oxygen atoms in total. The molecule has 1 saturated heterocycles. The molecule has 2 heterocycles. The standard InChI is InChI=1S/C15H20N4O2/c1-2-15-18-13-7-11(3-4-14(13)21-15)17-8-12-9-19(10-20)6-5-16-12/h3-4,7,10,12,16-17H,2,5-6,8-9H2,1H3/t12-/m1/s1. The predicted molar refractivity (Wildman–Crippen MR) is 81.3 cm³/mol. The van der Waals surface area contributed by atoms with E-state index < -0.39 is 0 Å². The minimum Gasteiger partial charge on any atom is -0.441 e. The lowest BCUT2D eigenvalue weighted by molar-refractivity contribution is -0.119. The molecular weight excluding hydrogens is 268 g/mol. The number of rotatable bonds is 5. The minimum absolute atomic E-state index is 0.267. The Labute approximate surface area is 123 Å². The number of piperazine rings is 1. The van der Waals surface area contributed by atoms with E-state index in [1.165, 1.54) is 0 Å². The average Bonchev–Trinajstić information content (AvgIpc) is 2.95. The fourth-order valence-electron chi connectivity index (χ4n) is 2.56. The summed E-state index contributed by atoms with van der Waals surface area (Å²) in [6.07, 6.45) is 1.71. The zero-order valence-corrected chi connectivity index (χ0v) is 12.1. The van der Waals surface area contributed by atoms with Gasteiger partial charge in [0.25, 0.3) is 0 Å². The van der Waals surface area contributed by atoms with Crippen LogP contribution in [0.5, 0.6) is 0 Å². The van der Waals surface area contributed by atoms with Gasteiger partial charge in [-0.15, -0.1) is 0 Å². The van der Waals surface area contributed by atoms with Crippen LogP contribution in [0.15, 0.2) is 22.6 Å². The lowest BCUT2D eigenvalue weighted by Crippen LogP contribution is -2.52. The maximum absolute atomic E-state index is 10.8. The van der Waals surface area contributed by atoms with Crippen molar-refractivity contribution in [2.75, 3.05) is 31.5 Å². The molecule has 0 radical (unpaired) electrons. The van der Waals surface area contributed by atoms with Crippen molar-refractivity contribution in [1.29, 1.82) is 0 Å². The van der Waals surface area contributed by atoms with Crippen LogP contribution in [0, 0.1) is 0 Å². The van der Waals surface area contributed by atoms with Gasteiger partial charge in [0, 0.05) is 44.3 Å². The van der Waals surface area contributed by atoms with E-state index in [1.54, 1.807) is 4.90 Å². The molecule has 0 aliphatic carbocycles. The maximum Gasteiger partial charge on any atom is 0.209 e. The van der Waals surface area contributed by atoms with Crippen molar-refractivity contribution in [2.45, 2.75) is 19.4 Å². The third-order valence-electron chi connectivity index (χ3n) is 3.72. The Bertz CT molecular complexity index is 625. The highest BCUT2D eigenvalue weighted by Gasteiger charge is 2.17. The first-order valence-electron chi connectivity index (χ1n) is 7.34. The van der Waals surface area contributed by atoms with Crippen molar-refractivity contribution in [3.63, 3.8) is 0 Å². The molecule has 0 spiro atoms. The SMILES string of the molecule is CCc1nc2cc(NC[C@@H]3CN(C=O)CCN3)ccc2o1. The fraction of sp³-hybridized carbons (Fsp3) is 0.467. The van der Waals surface area contributed by atoms with Gasteiger partial charge in [-0.25, -0.2) is 4.98 Å². The first-order valence-corrected chi connectivity index (χ1v) is 7.34. The Morgan fingerprint density at radius 1 is 1.57 bits per heavy atom. The molecule has 1 fully saturated rings. The number of aromatic nitrogens is 1. The maximum atomic E-state index is 10.8. The third kappa shape index (κ3) is 3.16. The molecule has 6 heteroatoms. The number of fused-ring (bicyclic) bond motifs is 1. The molecule has 1 aromatic heterocycles. The number of nitrogens with one attached hydrogen (secondary N) is 2. The molecule has 112 valence electrons. The van der Waals surface area contributed by atoms with E-state index in [2.05, 4.69) is 15.6 Å². The van der Waals surface area contributed by atoms with Crippen molar-refractivity contribution >= 4 is 23.2 Å². The number of amides is 1. The fourth-order valence-corrected chi connectivity index (χ4v) is 2.56. The van der Waals surface area contributed by atoms with Gasteiger partial charge in [-0.05, 0) is 18.2 Å². The quantitative estimate of drug-likeness (QED) is 0.810. The Morgan fingerprint density at radius 3 is 3.29 bits per heavy atom. The summed E-state index contributed by atoms with van der Waals surface area (Å²) in [5, 5.41) is 6.80. The van der Waals surface area contributed by atoms with Crippen LogP contribution in [-0.2, 0) is 11.2 Å². The van der Waals surface area contributed by atoms with Crippen LogP contribution in [0.2, 0.25) is 0 Å². The van der Waals surface area contributed by atoms with Crippen LogP contribution in [0.25, 0.3) is 11.1 Å². The molecule has 0 bridgehead atoms. The van der Waals surface area contributed by atoms with Crippen molar-refractivity contribution in [1.82, 2.24) is 15.2 Å². The highest BCUT2D eigenvalue weighted by atomic mass is 16.3. The highest BCUT2D eigenvalue weighted by Crippen LogP contribution is 2.20. The zero-order chi connectivity index (χ0) is 14.7. The third-order valence-corrected chi connectivity index (χ3v) is 3.72. The molecule has 2 aromatic rings. The number of aryl methyl sites for hydroxylation is 1. The van der Waals surface area contributed by atoms with Gasteiger partial charge < -0.3 is 20.0 Å². The number of benzene rings is 1. The molecular formula is C15H20N4O2. The second-order valence-corrected chi connectivity index (χ2v) is 5.28. The molecule has 1 atom stereocenters.